The molecule has 0 radical (unpaired) electrons. The number of hydrogen-bond acceptors (Lipinski definition) is 9. The lowest BCUT2D eigenvalue weighted by molar-refractivity contribution is -0.140. The molecule has 2 aromatic carbocycles. The summed E-state index contributed by atoms with van der Waals surface area (Å²) in [7, 11) is 0. The van der Waals surface area contributed by atoms with Crippen LogP contribution in [-0.4, -0.2) is 66.2 Å². The van der Waals surface area contributed by atoms with Crippen molar-refractivity contribution in [2.75, 3.05) is 11.9 Å². The van der Waals surface area contributed by atoms with Crippen molar-refractivity contribution in [2.24, 2.45) is 0 Å². The average Bonchev–Trinajstić information content (AvgIpc) is 3.58. The molecule has 37 heavy (non-hydrogen) atoms. The molecule has 1 unspecified atom stereocenters. The number of carbonyl (C=O) groups is 3. The number of aliphatic hydroxyl groups excluding tert-OH is 1. The molecule has 2 N–H and O–H groups in total. The zero-order valence-electron chi connectivity index (χ0n) is 19.2. The fourth-order valence-electron chi connectivity index (χ4n) is 4.39. The number of aliphatic hydroxyl groups is 1. The average molecular weight is 500 g/mol. The number of ether oxygens (including phenoxy) is 1. The van der Waals surface area contributed by atoms with E-state index in [0.29, 0.717) is 21.8 Å². The van der Waals surface area contributed by atoms with Crippen molar-refractivity contribution >= 4 is 34.7 Å². The highest BCUT2D eigenvalue weighted by Crippen LogP contribution is 2.32. The lowest BCUT2D eigenvalue weighted by Gasteiger charge is -2.19. The molecule has 0 spiro atoms. The van der Waals surface area contributed by atoms with Gasteiger partial charge in [0.15, 0.2) is 17.0 Å². The Labute approximate surface area is 209 Å². The van der Waals surface area contributed by atoms with Crippen LogP contribution in [0.2, 0.25) is 0 Å². The largest absolute Gasteiger partial charge is 0.390 e. The van der Waals surface area contributed by atoms with E-state index in [1.54, 1.807) is 53.1 Å². The van der Waals surface area contributed by atoms with Crippen LogP contribution in [0.1, 0.15) is 43.7 Å². The summed E-state index contributed by atoms with van der Waals surface area (Å²) in [5.74, 6) is -1.23. The van der Waals surface area contributed by atoms with Crippen molar-refractivity contribution in [1.82, 2.24) is 24.6 Å². The number of carbonyl (C=O) groups excluding carboxylic acids is 3. The molecule has 186 valence electrons. The summed E-state index contributed by atoms with van der Waals surface area (Å²) < 4.78 is 7.60. The van der Waals surface area contributed by atoms with Gasteiger partial charge in [-0.15, -0.1) is 5.06 Å². The number of benzene rings is 2. The second-order valence-electron chi connectivity index (χ2n) is 8.54. The highest BCUT2D eigenvalue weighted by molar-refractivity contribution is 6.20. The number of rotatable bonds is 6. The Hall–Kier alpha value is -4.52. The molecule has 1 fully saturated rings. The first-order valence-electron chi connectivity index (χ1n) is 11.5. The number of anilines is 1. The van der Waals surface area contributed by atoms with E-state index in [-0.39, 0.29) is 35.9 Å². The normalized spacial score (nSPS) is 21.0. The van der Waals surface area contributed by atoms with Crippen molar-refractivity contribution in [3.05, 3.63) is 83.9 Å². The molecule has 2 aliphatic heterocycles. The molecule has 6 rings (SSSR count). The quantitative estimate of drug-likeness (QED) is 0.379. The second-order valence-corrected chi connectivity index (χ2v) is 8.54. The highest BCUT2D eigenvalue weighted by atomic mass is 16.7. The van der Waals surface area contributed by atoms with Crippen LogP contribution in [0.3, 0.4) is 0 Å². The fourth-order valence-corrected chi connectivity index (χ4v) is 4.39. The predicted octanol–water partition coefficient (Wildman–Crippen LogP) is 1.95. The number of nitrogens with zero attached hydrogens (tertiary/aromatic N) is 5. The molecule has 4 heterocycles. The Kier molecular flexibility index (Phi) is 5.68. The van der Waals surface area contributed by atoms with Gasteiger partial charge >= 0.3 is 0 Å². The number of amides is 3. The summed E-state index contributed by atoms with van der Waals surface area (Å²) in [6.45, 7) is -0.219. The Bertz CT molecular complexity index is 1490. The molecule has 4 aromatic rings. The minimum atomic E-state index is -0.934. The van der Waals surface area contributed by atoms with Crippen molar-refractivity contribution in [3.8, 4) is 0 Å². The van der Waals surface area contributed by atoms with Gasteiger partial charge in [0.05, 0.1) is 23.6 Å². The van der Waals surface area contributed by atoms with Crippen molar-refractivity contribution < 1.29 is 29.1 Å². The van der Waals surface area contributed by atoms with Gasteiger partial charge in [0, 0.05) is 12.0 Å². The summed E-state index contributed by atoms with van der Waals surface area (Å²) in [5.41, 5.74) is 1.75. The summed E-state index contributed by atoms with van der Waals surface area (Å²) in [6, 6.07) is 15.1. The molecular weight excluding hydrogens is 480 g/mol. The summed E-state index contributed by atoms with van der Waals surface area (Å²) in [6.07, 6.45) is 0.584. The van der Waals surface area contributed by atoms with Gasteiger partial charge < -0.3 is 15.2 Å². The molecule has 1 saturated heterocycles. The predicted molar refractivity (Wildman–Crippen MR) is 127 cm³/mol. The van der Waals surface area contributed by atoms with Crippen LogP contribution >= 0.6 is 0 Å². The number of hydrogen-bond donors (Lipinski definition) is 2. The van der Waals surface area contributed by atoms with Crippen LogP contribution in [0, 0.1) is 0 Å². The topological polar surface area (TPSA) is 149 Å². The van der Waals surface area contributed by atoms with Crippen LogP contribution in [0.5, 0.6) is 0 Å². The van der Waals surface area contributed by atoms with Gasteiger partial charge in [-0.2, -0.15) is 0 Å². The van der Waals surface area contributed by atoms with Crippen molar-refractivity contribution in [3.63, 3.8) is 0 Å². The number of aromatic nitrogens is 4. The minimum absolute atomic E-state index is 0.192. The zero-order valence-corrected chi connectivity index (χ0v) is 19.2. The number of imide groups is 1. The third-order valence-corrected chi connectivity index (χ3v) is 6.27. The Balaban J connectivity index is 1.15. The maximum Gasteiger partial charge on any atom is 0.285 e. The summed E-state index contributed by atoms with van der Waals surface area (Å²) in [4.78, 5) is 55.8. The molecule has 3 atom stereocenters. The van der Waals surface area contributed by atoms with E-state index >= 15 is 0 Å². The van der Waals surface area contributed by atoms with Gasteiger partial charge in [0.1, 0.15) is 25.3 Å². The lowest BCUT2D eigenvalue weighted by atomic mass is 10.1. The van der Waals surface area contributed by atoms with Gasteiger partial charge in [-0.05, 0) is 24.3 Å². The maximum absolute atomic E-state index is 12.6. The van der Waals surface area contributed by atoms with Gasteiger partial charge in [0.2, 0.25) is 0 Å². The van der Waals surface area contributed by atoms with E-state index in [9.17, 15) is 19.5 Å². The molecule has 2 aromatic heterocycles. The molecular formula is C25H20N6O6. The van der Waals surface area contributed by atoms with Gasteiger partial charge in [-0.1, -0.05) is 30.3 Å². The monoisotopic (exact) mass is 500 g/mol. The standard InChI is InChI=1S/C25H20N6O6/c32-17-10-19(37-18(17)11-36-31-24(34)15-8-4-5-9-16(15)25(31)35)30-13-28-20-21(26-12-27-22(20)30)29-23(33)14-6-2-1-3-7-14/h1-9,12-13,17-19,32H,10-11H2,(H,26,27,29,33)/t17?,18-,19-/m1/s1. The van der Waals surface area contributed by atoms with E-state index in [2.05, 4.69) is 20.3 Å². The lowest BCUT2D eigenvalue weighted by Crippen LogP contribution is -2.36. The van der Waals surface area contributed by atoms with Crippen LogP contribution in [0.4, 0.5) is 5.82 Å². The molecule has 12 nitrogen and oxygen atoms in total. The smallest absolute Gasteiger partial charge is 0.285 e. The Morgan fingerprint density at radius 3 is 2.46 bits per heavy atom. The van der Waals surface area contributed by atoms with Crippen LogP contribution in [0.25, 0.3) is 11.2 Å². The Morgan fingerprint density at radius 1 is 1.03 bits per heavy atom. The second kappa shape index (κ2) is 9.17. The highest BCUT2D eigenvalue weighted by Gasteiger charge is 2.40. The first-order valence-corrected chi connectivity index (χ1v) is 11.5. The number of fused-ring (bicyclic) bond motifs is 2. The fraction of sp³-hybridized carbons (Fsp3) is 0.200. The molecule has 0 saturated carbocycles. The van der Waals surface area contributed by atoms with Gasteiger partial charge in [0.25, 0.3) is 17.7 Å². The van der Waals surface area contributed by atoms with Crippen LogP contribution in [0.15, 0.2) is 67.3 Å². The first kappa shape index (κ1) is 22.9. The summed E-state index contributed by atoms with van der Waals surface area (Å²) in [5, 5.41) is 14.0. The number of hydroxylamine groups is 2. The number of nitrogens with one attached hydrogen (secondary N) is 1. The van der Waals surface area contributed by atoms with Crippen molar-refractivity contribution in [1.29, 1.82) is 0 Å². The summed E-state index contributed by atoms with van der Waals surface area (Å²) >= 11 is 0. The number of imidazole rings is 1. The SMILES string of the molecule is O=C(Nc1ncnc2c1ncn2[C@H]1CC(O)[C@@H](CON2C(=O)c3ccccc3C2=O)O1)c1ccccc1. The van der Waals surface area contributed by atoms with E-state index in [0.717, 1.165) is 0 Å². The molecule has 12 heteroatoms. The third kappa shape index (κ3) is 4.02. The third-order valence-electron chi connectivity index (χ3n) is 6.27. The molecule has 3 amide bonds. The van der Waals surface area contributed by atoms with Crippen LogP contribution < -0.4 is 5.32 Å². The van der Waals surface area contributed by atoms with Gasteiger partial charge in [-0.25, -0.2) is 15.0 Å². The zero-order chi connectivity index (χ0) is 25.5. The van der Waals surface area contributed by atoms with E-state index in [4.69, 9.17) is 9.57 Å². The van der Waals surface area contributed by atoms with Crippen LogP contribution in [-0.2, 0) is 9.57 Å². The van der Waals surface area contributed by atoms with E-state index in [1.807, 2.05) is 6.07 Å². The van der Waals surface area contributed by atoms with E-state index in [1.165, 1.54) is 12.7 Å². The van der Waals surface area contributed by atoms with Gasteiger partial charge in [-0.3, -0.25) is 23.8 Å². The van der Waals surface area contributed by atoms with E-state index < -0.39 is 30.3 Å². The molecule has 0 aliphatic carbocycles. The minimum Gasteiger partial charge on any atom is -0.390 e. The molecule has 0 bridgehead atoms. The molecule has 2 aliphatic rings. The first-order chi connectivity index (χ1) is 18.0. The maximum atomic E-state index is 12.6. The van der Waals surface area contributed by atoms with Crippen molar-refractivity contribution in [2.45, 2.75) is 24.9 Å². The Morgan fingerprint density at radius 2 is 1.73 bits per heavy atom.